The fourth-order valence-corrected chi connectivity index (χ4v) is 2.60. The molecule has 1 aromatic rings. The largest absolute Gasteiger partial charge is 0.405 e. The van der Waals surface area contributed by atoms with Crippen LogP contribution in [0.25, 0.3) is 0 Å². The van der Waals surface area contributed by atoms with E-state index in [9.17, 15) is 18.0 Å². The van der Waals surface area contributed by atoms with Gasteiger partial charge in [-0.2, -0.15) is 13.2 Å². The SMILES string of the molecule is O=C(NCC(N1CCNCC1)C(F)(F)F)c1ccccc1Cl. The lowest BCUT2D eigenvalue weighted by atomic mass is 10.1. The van der Waals surface area contributed by atoms with Gasteiger partial charge in [0.2, 0.25) is 0 Å². The van der Waals surface area contributed by atoms with Crippen LogP contribution in [0.3, 0.4) is 0 Å². The highest BCUT2D eigenvalue weighted by atomic mass is 35.5. The summed E-state index contributed by atoms with van der Waals surface area (Å²) >= 11 is 5.87. The smallest absolute Gasteiger partial charge is 0.350 e. The Balaban J connectivity index is 2.02. The van der Waals surface area contributed by atoms with Crippen LogP contribution in [0.5, 0.6) is 0 Å². The summed E-state index contributed by atoms with van der Waals surface area (Å²) < 4.78 is 39.6. The van der Waals surface area contributed by atoms with Crippen molar-refractivity contribution in [3.8, 4) is 0 Å². The third kappa shape index (κ3) is 4.34. The molecule has 0 aliphatic carbocycles. The highest BCUT2D eigenvalue weighted by molar-refractivity contribution is 6.33. The molecule has 2 rings (SSSR count). The topological polar surface area (TPSA) is 44.4 Å². The van der Waals surface area contributed by atoms with Crippen molar-refractivity contribution >= 4 is 17.5 Å². The van der Waals surface area contributed by atoms with Gasteiger partial charge >= 0.3 is 6.18 Å². The highest BCUT2D eigenvalue weighted by Crippen LogP contribution is 2.25. The Bertz CT molecular complexity index is 518. The van der Waals surface area contributed by atoms with Crippen LogP contribution in [0.2, 0.25) is 5.02 Å². The van der Waals surface area contributed by atoms with Gasteiger partial charge in [-0.1, -0.05) is 23.7 Å². The maximum Gasteiger partial charge on any atom is 0.405 e. The first kappa shape index (κ1) is 17.1. The van der Waals surface area contributed by atoms with E-state index in [2.05, 4.69) is 10.6 Å². The Kier molecular flexibility index (Phi) is 5.66. The molecular weight excluding hydrogens is 319 g/mol. The van der Waals surface area contributed by atoms with Gasteiger partial charge in [-0.3, -0.25) is 9.69 Å². The van der Waals surface area contributed by atoms with E-state index >= 15 is 0 Å². The molecule has 0 radical (unpaired) electrons. The molecule has 0 saturated carbocycles. The lowest BCUT2D eigenvalue weighted by Crippen LogP contribution is -2.57. The second-order valence-electron chi connectivity index (χ2n) is 5.03. The zero-order valence-electron chi connectivity index (χ0n) is 11.8. The number of hydrogen-bond acceptors (Lipinski definition) is 3. The quantitative estimate of drug-likeness (QED) is 0.883. The van der Waals surface area contributed by atoms with E-state index in [1.54, 1.807) is 12.1 Å². The number of halogens is 4. The molecule has 0 aromatic heterocycles. The molecule has 1 amide bonds. The molecule has 1 aromatic carbocycles. The number of nitrogens with one attached hydrogen (secondary N) is 2. The summed E-state index contributed by atoms with van der Waals surface area (Å²) in [5.74, 6) is -0.602. The third-order valence-corrected chi connectivity index (χ3v) is 3.87. The number of nitrogens with zero attached hydrogens (tertiary/aromatic N) is 1. The fourth-order valence-electron chi connectivity index (χ4n) is 2.38. The minimum Gasteiger partial charge on any atom is -0.350 e. The molecule has 4 nitrogen and oxygen atoms in total. The van der Waals surface area contributed by atoms with Gasteiger partial charge in [-0.15, -0.1) is 0 Å². The van der Waals surface area contributed by atoms with E-state index in [0.717, 1.165) is 0 Å². The van der Waals surface area contributed by atoms with Crippen LogP contribution in [0.1, 0.15) is 10.4 Å². The van der Waals surface area contributed by atoms with Crippen LogP contribution >= 0.6 is 11.6 Å². The molecule has 8 heteroatoms. The molecule has 1 fully saturated rings. The van der Waals surface area contributed by atoms with E-state index in [4.69, 9.17) is 11.6 Å². The van der Waals surface area contributed by atoms with Gasteiger partial charge in [0.25, 0.3) is 5.91 Å². The van der Waals surface area contributed by atoms with E-state index in [1.165, 1.54) is 17.0 Å². The van der Waals surface area contributed by atoms with E-state index in [1.807, 2.05) is 0 Å². The van der Waals surface area contributed by atoms with Crippen molar-refractivity contribution < 1.29 is 18.0 Å². The second kappa shape index (κ2) is 7.30. The molecule has 2 N–H and O–H groups in total. The maximum atomic E-state index is 13.2. The van der Waals surface area contributed by atoms with Gasteiger partial charge in [0, 0.05) is 32.7 Å². The van der Waals surface area contributed by atoms with Crippen LogP contribution in [0.4, 0.5) is 13.2 Å². The molecule has 1 unspecified atom stereocenters. The van der Waals surface area contributed by atoms with E-state index in [-0.39, 0.29) is 10.6 Å². The summed E-state index contributed by atoms with van der Waals surface area (Å²) in [6.45, 7) is 1.11. The van der Waals surface area contributed by atoms with Crippen molar-refractivity contribution in [3.63, 3.8) is 0 Å². The summed E-state index contributed by atoms with van der Waals surface area (Å²) in [4.78, 5) is 13.3. The summed E-state index contributed by atoms with van der Waals surface area (Å²) in [6.07, 6.45) is -4.40. The van der Waals surface area contributed by atoms with Crippen molar-refractivity contribution in [2.45, 2.75) is 12.2 Å². The van der Waals surface area contributed by atoms with Crippen molar-refractivity contribution in [2.24, 2.45) is 0 Å². The van der Waals surface area contributed by atoms with Crippen molar-refractivity contribution in [1.82, 2.24) is 15.5 Å². The number of amides is 1. The molecule has 1 heterocycles. The van der Waals surface area contributed by atoms with E-state index in [0.29, 0.717) is 26.2 Å². The van der Waals surface area contributed by atoms with E-state index < -0.39 is 24.7 Å². The summed E-state index contributed by atoms with van der Waals surface area (Å²) in [5, 5.41) is 5.56. The molecular formula is C14H17ClF3N3O. The minimum absolute atomic E-state index is 0.172. The number of piperazine rings is 1. The van der Waals surface area contributed by atoms with Crippen LogP contribution < -0.4 is 10.6 Å². The lowest BCUT2D eigenvalue weighted by molar-refractivity contribution is -0.183. The summed E-state index contributed by atoms with van der Waals surface area (Å²) in [6, 6.07) is 4.57. The van der Waals surface area contributed by atoms with Crippen molar-refractivity contribution in [1.29, 1.82) is 0 Å². The molecule has 122 valence electrons. The number of alkyl halides is 3. The Morgan fingerprint density at radius 3 is 2.55 bits per heavy atom. The zero-order chi connectivity index (χ0) is 16.2. The first-order chi connectivity index (χ1) is 10.4. The molecule has 22 heavy (non-hydrogen) atoms. The van der Waals surface area contributed by atoms with Crippen LogP contribution in [-0.2, 0) is 0 Å². The van der Waals surface area contributed by atoms with Gasteiger partial charge < -0.3 is 10.6 Å². The number of hydrogen-bond donors (Lipinski definition) is 2. The van der Waals surface area contributed by atoms with Crippen molar-refractivity contribution in [3.05, 3.63) is 34.9 Å². The summed E-state index contributed by atoms with van der Waals surface area (Å²) in [5.41, 5.74) is 0.172. The standard InChI is InChI=1S/C14H17ClF3N3O/c15-11-4-2-1-3-10(11)13(22)20-9-12(14(16,17)18)21-7-5-19-6-8-21/h1-4,12,19H,5-9H2,(H,20,22). The number of rotatable bonds is 4. The molecule has 0 bridgehead atoms. The molecule has 1 aliphatic rings. The Morgan fingerprint density at radius 1 is 1.32 bits per heavy atom. The first-order valence-corrected chi connectivity index (χ1v) is 7.31. The fraction of sp³-hybridized carbons (Fsp3) is 0.500. The normalized spacial score (nSPS) is 18.0. The number of carbonyl (C=O) groups excluding carboxylic acids is 1. The van der Waals surface area contributed by atoms with Crippen LogP contribution in [-0.4, -0.2) is 55.7 Å². The van der Waals surface area contributed by atoms with Crippen LogP contribution in [0, 0.1) is 0 Å². The number of carbonyl (C=O) groups is 1. The molecule has 1 aliphatic heterocycles. The summed E-state index contributed by atoms with van der Waals surface area (Å²) in [7, 11) is 0. The highest BCUT2D eigenvalue weighted by Gasteiger charge is 2.43. The lowest BCUT2D eigenvalue weighted by Gasteiger charge is -2.35. The Morgan fingerprint density at radius 2 is 1.95 bits per heavy atom. The zero-order valence-corrected chi connectivity index (χ0v) is 12.5. The Labute approximate surface area is 131 Å². The number of benzene rings is 1. The van der Waals surface area contributed by atoms with Gasteiger partial charge in [0.1, 0.15) is 6.04 Å². The van der Waals surface area contributed by atoms with Crippen LogP contribution in [0.15, 0.2) is 24.3 Å². The van der Waals surface area contributed by atoms with Gasteiger partial charge in [0.05, 0.1) is 10.6 Å². The third-order valence-electron chi connectivity index (χ3n) is 3.54. The average Bonchev–Trinajstić information content (AvgIpc) is 2.47. The maximum absolute atomic E-state index is 13.2. The van der Waals surface area contributed by atoms with Gasteiger partial charge in [-0.05, 0) is 12.1 Å². The minimum atomic E-state index is -4.40. The van der Waals surface area contributed by atoms with Gasteiger partial charge in [0.15, 0.2) is 0 Å². The second-order valence-corrected chi connectivity index (χ2v) is 5.44. The average molecular weight is 336 g/mol. The van der Waals surface area contributed by atoms with Crippen molar-refractivity contribution in [2.75, 3.05) is 32.7 Å². The predicted molar refractivity (Wildman–Crippen MR) is 78.1 cm³/mol. The molecule has 1 atom stereocenters. The Hall–Kier alpha value is -1.31. The first-order valence-electron chi connectivity index (χ1n) is 6.94. The molecule has 1 saturated heterocycles. The predicted octanol–water partition coefficient (Wildman–Crippen LogP) is 1.91. The van der Waals surface area contributed by atoms with Gasteiger partial charge in [-0.25, -0.2) is 0 Å². The molecule has 0 spiro atoms. The monoisotopic (exact) mass is 335 g/mol.